The van der Waals surface area contributed by atoms with Crippen LogP contribution in [-0.4, -0.2) is 46.3 Å². The molecule has 0 atom stereocenters. The molecule has 1 fully saturated rings. The molecule has 0 amide bonds. The first kappa shape index (κ1) is 17.5. The van der Waals surface area contributed by atoms with Crippen LogP contribution in [0.3, 0.4) is 0 Å². The maximum Gasteiger partial charge on any atom is 0.227 e. The third-order valence-corrected chi connectivity index (χ3v) is 6.14. The Labute approximate surface area is 168 Å². The minimum absolute atomic E-state index is 0.850. The molecule has 28 heavy (non-hydrogen) atoms. The number of nitrogens with one attached hydrogen (secondary N) is 3. The lowest BCUT2D eigenvalue weighted by molar-refractivity contribution is 0.724. The van der Waals surface area contributed by atoms with E-state index in [0.717, 1.165) is 72.7 Å². The molecule has 144 valence electrons. The van der Waals surface area contributed by atoms with Crippen LogP contribution in [0.15, 0.2) is 36.7 Å². The van der Waals surface area contributed by atoms with Gasteiger partial charge in [0.1, 0.15) is 5.82 Å². The Balaban J connectivity index is 1.42. The maximum absolute atomic E-state index is 4.92. The van der Waals surface area contributed by atoms with Crippen molar-refractivity contribution in [2.45, 2.75) is 17.9 Å². The second-order valence-electron chi connectivity index (χ2n) is 7.07. The van der Waals surface area contributed by atoms with Crippen LogP contribution in [0.2, 0.25) is 0 Å². The van der Waals surface area contributed by atoms with Crippen molar-refractivity contribution in [2.75, 3.05) is 36.4 Å². The average molecular weight is 394 g/mol. The van der Waals surface area contributed by atoms with E-state index < -0.39 is 0 Å². The van der Waals surface area contributed by atoms with Crippen LogP contribution < -0.4 is 15.5 Å². The largest absolute Gasteiger partial charge is 0.340 e. The highest BCUT2D eigenvalue weighted by Gasteiger charge is 2.22. The van der Waals surface area contributed by atoms with Gasteiger partial charge in [-0.2, -0.15) is 21.8 Å². The van der Waals surface area contributed by atoms with E-state index in [4.69, 9.17) is 9.97 Å². The van der Waals surface area contributed by atoms with Crippen molar-refractivity contribution >= 4 is 29.2 Å². The smallest absolute Gasteiger partial charge is 0.227 e. The molecule has 1 saturated heterocycles. The van der Waals surface area contributed by atoms with Gasteiger partial charge in [-0.25, -0.2) is 4.98 Å². The first-order valence-electron chi connectivity index (χ1n) is 9.66. The molecule has 0 radical (unpaired) electrons. The van der Waals surface area contributed by atoms with E-state index in [2.05, 4.69) is 50.0 Å². The van der Waals surface area contributed by atoms with Gasteiger partial charge in [-0.15, -0.1) is 0 Å². The van der Waals surface area contributed by atoms with Gasteiger partial charge >= 0.3 is 0 Å². The van der Waals surface area contributed by atoms with Crippen LogP contribution in [0.25, 0.3) is 11.1 Å². The molecule has 2 aliphatic rings. The van der Waals surface area contributed by atoms with Gasteiger partial charge in [0, 0.05) is 54.2 Å². The summed E-state index contributed by atoms with van der Waals surface area (Å²) in [5, 5.41) is 13.9. The Morgan fingerprint density at radius 2 is 1.93 bits per heavy atom. The Hall–Kier alpha value is -2.58. The number of hydrogen-bond acceptors (Lipinski definition) is 7. The summed E-state index contributed by atoms with van der Waals surface area (Å²) in [6.07, 6.45) is 4.85. The van der Waals surface area contributed by atoms with Crippen LogP contribution in [-0.2, 0) is 11.5 Å². The van der Waals surface area contributed by atoms with Crippen LogP contribution in [0, 0.1) is 0 Å². The molecule has 0 unspecified atom stereocenters. The van der Waals surface area contributed by atoms with E-state index in [0.29, 0.717) is 0 Å². The lowest BCUT2D eigenvalue weighted by atomic mass is 10.1. The van der Waals surface area contributed by atoms with Gasteiger partial charge < -0.3 is 15.5 Å². The fourth-order valence-corrected chi connectivity index (χ4v) is 4.66. The number of fused-ring (bicyclic) bond motifs is 1. The molecular weight excluding hydrogens is 370 g/mol. The molecule has 0 saturated carbocycles. The molecule has 4 heterocycles. The van der Waals surface area contributed by atoms with Gasteiger partial charge in [-0.3, -0.25) is 5.10 Å². The number of H-pyrrole nitrogens is 1. The van der Waals surface area contributed by atoms with Gasteiger partial charge in [0.25, 0.3) is 0 Å². The van der Waals surface area contributed by atoms with Crippen molar-refractivity contribution in [3.05, 3.63) is 47.9 Å². The van der Waals surface area contributed by atoms with E-state index in [9.17, 15) is 0 Å². The highest BCUT2D eigenvalue weighted by Crippen LogP contribution is 2.35. The summed E-state index contributed by atoms with van der Waals surface area (Å²) in [6.45, 7) is 3.99. The summed E-state index contributed by atoms with van der Waals surface area (Å²) in [4.78, 5) is 12.1. The van der Waals surface area contributed by atoms with Crippen molar-refractivity contribution in [1.29, 1.82) is 0 Å². The first-order chi connectivity index (χ1) is 13.9. The number of benzene rings is 1. The number of hydrogen-bond donors (Lipinski definition) is 3. The lowest BCUT2D eigenvalue weighted by Crippen LogP contribution is -2.30. The third-order valence-electron chi connectivity index (χ3n) is 5.17. The fourth-order valence-electron chi connectivity index (χ4n) is 3.62. The second-order valence-corrected chi connectivity index (χ2v) is 8.06. The molecular formula is C20H23N7S. The standard InChI is InChI=1S/C20H23N7S/c1-6-21-7-9-27(8-1)20-25-18-13-28-12-17(18)19(26-20)24-16-4-2-14(3-5-16)15-10-22-23-11-15/h2-5,10-11,21H,1,6-9,12-13H2,(H,22,23)(H,24,25,26). The molecule has 0 bridgehead atoms. The fraction of sp³-hybridized carbons (Fsp3) is 0.350. The molecule has 2 aliphatic heterocycles. The number of rotatable bonds is 4. The topological polar surface area (TPSA) is 81.8 Å². The normalized spacial score (nSPS) is 16.6. The minimum atomic E-state index is 0.850. The molecule has 8 heteroatoms. The van der Waals surface area contributed by atoms with Crippen LogP contribution in [0.1, 0.15) is 17.7 Å². The van der Waals surface area contributed by atoms with Crippen LogP contribution in [0.5, 0.6) is 0 Å². The number of thioether (sulfide) groups is 1. The lowest BCUT2D eigenvalue weighted by Gasteiger charge is -2.22. The van der Waals surface area contributed by atoms with Gasteiger partial charge in [-0.1, -0.05) is 12.1 Å². The summed E-state index contributed by atoms with van der Waals surface area (Å²) in [5.74, 6) is 3.72. The quantitative estimate of drug-likeness (QED) is 0.628. The number of aromatic nitrogens is 4. The predicted octanol–water partition coefficient (Wildman–Crippen LogP) is 3.16. The van der Waals surface area contributed by atoms with E-state index in [-0.39, 0.29) is 0 Å². The monoisotopic (exact) mass is 393 g/mol. The van der Waals surface area contributed by atoms with Crippen molar-refractivity contribution in [3.63, 3.8) is 0 Å². The zero-order valence-electron chi connectivity index (χ0n) is 15.6. The van der Waals surface area contributed by atoms with Gasteiger partial charge in [0.2, 0.25) is 5.95 Å². The first-order valence-corrected chi connectivity index (χ1v) is 10.8. The Morgan fingerprint density at radius 3 is 2.79 bits per heavy atom. The molecule has 2 aromatic heterocycles. The highest BCUT2D eigenvalue weighted by atomic mass is 32.2. The predicted molar refractivity (Wildman–Crippen MR) is 114 cm³/mol. The van der Waals surface area contributed by atoms with Crippen molar-refractivity contribution in [1.82, 2.24) is 25.5 Å². The maximum atomic E-state index is 4.92. The number of nitrogens with zero attached hydrogens (tertiary/aromatic N) is 4. The third kappa shape index (κ3) is 3.57. The molecule has 3 aromatic rings. The Bertz CT molecular complexity index is 932. The summed E-state index contributed by atoms with van der Waals surface area (Å²) >= 11 is 1.90. The molecule has 3 N–H and O–H groups in total. The highest BCUT2D eigenvalue weighted by molar-refractivity contribution is 7.98. The van der Waals surface area contributed by atoms with E-state index in [1.54, 1.807) is 0 Å². The summed E-state index contributed by atoms with van der Waals surface area (Å²) in [6, 6.07) is 8.39. The van der Waals surface area contributed by atoms with E-state index in [1.807, 2.05) is 24.2 Å². The SMILES string of the molecule is c1cc(-c2cn[nH]c2)ccc1Nc1nc(N2CCCNCC2)nc2c1CSC2. The molecule has 0 spiro atoms. The van der Waals surface area contributed by atoms with Crippen molar-refractivity contribution in [2.24, 2.45) is 0 Å². The van der Waals surface area contributed by atoms with Gasteiger partial charge in [-0.05, 0) is 30.7 Å². The summed E-state index contributed by atoms with van der Waals surface area (Å²) in [5.41, 5.74) is 5.67. The Kier molecular flexibility index (Phi) is 4.88. The number of aromatic amines is 1. The van der Waals surface area contributed by atoms with Gasteiger partial charge in [0.05, 0.1) is 11.9 Å². The molecule has 5 rings (SSSR count). The zero-order valence-corrected chi connectivity index (χ0v) is 16.4. The van der Waals surface area contributed by atoms with Crippen LogP contribution >= 0.6 is 11.8 Å². The summed E-state index contributed by atoms with van der Waals surface area (Å²) < 4.78 is 0. The molecule has 1 aromatic carbocycles. The van der Waals surface area contributed by atoms with E-state index in [1.165, 1.54) is 11.3 Å². The van der Waals surface area contributed by atoms with Crippen LogP contribution in [0.4, 0.5) is 17.5 Å². The van der Waals surface area contributed by atoms with E-state index >= 15 is 0 Å². The second kappa shape index (κ2) is 7.81. The zero-order chi connectivity index (χ0) is 18.8. The van der Waals surface area contributed by atoms with Crippen molar-refractivity contribution < 1.29 is 0 Å². The summed E-state index contributed by atoms with van der Waals surface area (Å²) in [7, 11) is 0. The molecule has 0 aliphatic carbocycles. The van der Waals surface area contributed by atoms with Gasteiger partial charge in [0.15, 0.2) is 0 Å². The number of anilines is 3. The van der Waals surface area contributed by atoms with Crippen molar-refractivity contribution in [3.8, 4) is 11.1 Å². The minimum Gasteiger partial charge on any atom is -0.340 e. The molecule has 7 nitrogen and oxygen atoms in total. The Morgan fingerprint density at radius 1 is 1.00 bits per heavy atom. The average Bonchev–Trinajstić information content (AvgIpc) is 3.35.